The Bertz CT molecular complexity index is 1080. The standard InChI is InChI=1S/C20H21F2N5O4/c1-11(14(23)10-28)24-12-3-4-13-15(7-12)31-6-5-26-9-17(25-18(13)26)27(19(29)30-2)16-8-20(16,21)22/h3-4,7,9,11,16,24H,5-6,8,23H2,1-2H3/t11-,16-/m0/s1. The van der Waals surface area contributed by atoms with Crippen molar-refractivity contribution >= 4 is 23.5 Å². The van der Waals surface area contributed by atoms with Gasteiger partial charge in [-0.2, -0.15) is 0 Å². The zero-order valence-electron chi connectivity index (χ0n) is 16.9. The monoisotopic (exact) mass is 433 g/mol. The van der Waals surface area contributed by atoms with Gasteiger partial charge in [-0.15, -0.1) is 0 Å². The van der Waals surface area contributed by atoms with E-state index >= 15 is 0 Å². The van der Waals surface area contributed by atoms with Crippen molar-refractivity contribution in [1.29, 1.82) is 0 Å². The summed E-state index contributed by atoms with van der Waals surface area (Å²) < 4.78 is 39.7. The Morgan fingerprint density at radius 3 is 2.90 bits per heavy atom. The number of hydrogen-bond donors (Lipinski definition) is 2. The second kappa shape index (κ2) is 7.59. The number of imidazole rings is 1. The number of halogens is 2. The summed E-state index contributed by atoms with van der Waals surface area (Å²) in [5, 5.41) is 3.08. The van der Waals surface area contributed by atoms with Crippen molar-refractivity contribution in [3.05, 3.63) is 30.1 Å². The van der Waals surface area contributed by atoms with Crippen LogP contribution in [0.15, 0.2) is 30.1 Å². The lowest BCUT2D eigenvalue weighted by molar-refractivity contribution is 0.108. The topological polar surface area (TPSA) is 112 Å². The molecule has 11 heteroatoms. The largest absolute Gasteiger partial charge is 0.491 e. The van der Waals surface area contributed by atoms with E-state index in [4.69, 9.17) is 15.2 Å². The van der Waals surface area contributed by atoms with E-state index in [2.05, 4.69) is 10.3 Å². The number of nitrogens with one attached hydrogen (secondary N) is 1. The third-order valence-corrected chi connectivity index (χ3v) is 5.27. The van der Waals surface area contributed by atoms with Crippen LogP contribution in [0.5, 0.6) is 5.75 Å². The van der Waals surface area contributed by atoms with Gasteiger partial charge in [-0.05, 0) is 19.1 Å². The van der Waals surface area contributed by atoms with Crippen molar-refractivity contribution < 1.29 is 27.8 Å². The van der Waals surface area contributed by atoms with E-state index < -0.39 is 30.5 Å². The Hall–Kier alpha value is -3.59. The van der Waals surface area contributed by atoms with Gasteiger partial charge in [0.1, 0.15) is 35.9 Å². The van der Waals surface area contributed by atoms with E-state index in [1.54, 1.807) is 41.8 Å². The van der Waals surface area contributed by atoms with Gasteiger partial charge < -0.3 is 25.1 Å². The van der Waals surface area contributed by atoms with Crippen LogP contribution in [-0.4, -0.2) is 53.3 Å². The average molecular weight is 433 g/mol. The molecule has 0 spiro atoms. The summed E-state index contributed by atoms with van der Waals surface area (Å²) in [6.07, 6.45) is 0.222. The van der Waals surface area contributed by atoms with Crippen LogP contribution < -0.4 is 20.7 Å². The Balaban J connectivity index is 1.68. The third kappa shape index (κ3) is 3.79. The number of hydrogen-bond acceptors (Lipinski definition) is 7. The second-order valence-electron chi connectivity index (χ2n) is 7.42. The maximum atomic E-state index is 13.7. The van der Waals surface area contributed by atoms with Gasteiger partial charge in [0.15, 0.2) is 5.82 Å². The molecule has 1 fully saturated rings. The molecule has 2 aliphatic rings. The molecule has 2 aromatic rings. The molecule has 1 aliphatic heterocycles. The first-order chi connectivity index (χ1) is 14.7. The number of benzene rings is 1. The quantitative estimate of drug-likeness (QED) is 0.697. The number of methoxy groups -OCH3 is 1. The highest BCUT2D eigenvalue weighted by molar-refractivity contribution is 5.88. The molecule has 2 atom stereocenters. The fourth-order valence-corrected chi connectivity index (χ4v) is 3.45. The highest BCUT2D eigenvalue weighted by Crippen LogP contribution is 2.47. The Labute approximate surface area is 176 Å². The molecular formula is C20H21F2N5O4. The van der Waals surface area contributed by atoms with Crippen LogP contribution in [0.25, 0.3) is 11.4 Å². The van der Waals surface area contributed by atoms with Crippen LogP contribution in [0.4, 0.5) is 25.1 Å². The number of rotatable bonds is 5. The van der Waals surface area contributed by atoms with Gasteiger partial charge >= 0.3 is 6.09 Å². The number of fused-ring (bicyclic) bond motifs is 3. The summed E-state index contributed by atoms with van der Waals surface area (Å²) in [4.78, 5) is 28.3. The predicted octanol–water partition coefficient (Wildman–Crippen LogP) is 2.40. The Morgan fingerprint density at radius 2 is 2.26 bits per heavy atom. The third-order valence-electron chi connectivity index (χ3n) is 5.27. The molecule has 0 saturated heterocycles. The summed E-state index contributed by atoms with van der Waals surface area (Å²) in [6, 6.07) is 3.55. The summed E-state index contributed by atoms with van der Waals surface area (Å²) in [5.41, 5.74) is 6.93. The van der Waals surface area contributed by atoms with E-state index in [-0.39, 0.29) is 11.5 Å². The molecule has 0 bridgehead atoms. The second-order valence-corrected chi connectivity index (χ2v) is 7.42. The Morgan fingerprint density at radius 1 is 1.52 bits per heavy atom. The van der Waals surface area contributed by atoms with E-state index in [0.717, 1.165) is 12.0 Å². The molecule has 4 rings (SSSR count). The van der Waals surface area contributed by atoms with Gasteiger partial charge in [0, 0.05) is 24.4 Å². The summed E-state index contributed by atoms with van der Waals surface area (Å²) in [5.74, 6) is -0.218. The van der Waals surface area contributed by atoms with E-state index in [0.29, 0.717) is 36.0 Å². The summed E-state index contributed by atoms with van der Waals surface area (Å²) in [6.45, 7) is 2.44. The number of ether oxygens (including phenoxy) is 2. The van der Waals surface area contributed by atoms with Gasteiger partial charge in [0.25, 0.3) is 5.92 Å². The number of carbonyl (C=O) groups excluding carboxylic acids is 2. The van der Waals surface area contributed by atoms with Crippen molar-refractivity contribution in [2.75, 3.05) is 23.9 Å². The number of amides is 1. The first kappa shape index (κ1) is 20.7. The molecule has 1 aromatic carbocycles. The number of nitrogens with two attached hydrogens (primary N) is 1. The number of anilines is 2. The van der Waals surface area contributed by atoms with Crippen molar-refractivity contribution in [1.82, 2.24) is 9.55 Å². The van der Waals surface area contributed by atoms with Gasteiger partial charge in [-0.3, -0.25) is 4.90 Å². The summed E-state index contributed by atoms with van der Waals surface area (Å²) >= 11 is 0. The van der Waals surface area contributed by atoms with Crippen molar-refractivity contribution in [2.24, 2.45) is 5.73 Å². The first-order valence-corrected chi connectivity index (χ1v) is 9.61. The van der Waals surface area contributed by atoms with Crippen LogP contribution in [-0.2, 0) is 16.1 Å². The minimum Gasteiger partial charge on any atom is -0.491 e. The summed E-state index contributed by atoms with van der Waals surface area (Å²) in [7, 11) is 1.14. The molecule has 0 unspecified atom stereocenters. The fourth-order valence-electron chi connectivity index (χ4n) is 3.45. The van der Waals surface area contributed by atoms with E-state index in [1.165, 1.54) is 0 Å². The smallest absolute Gasteiger partial charge is 0.415 e. The van der Waals surface area contributed by atoms with Gasteiger partial charge in [-0.25, -0.2) is 23.4 Å². The lowest BCUT2D eigenvalue weighted by Crippen LogP contribution is -2.36. The maximum absolute atomic E-state index is 13.7. The number of alkyl halides is 2. The molecule has 164 valence electrons. The predicted molar refractivity (Wildman–Crippen MR) is 108 cm³/mol. The highest BCUT2D eigenvalue weighted by Gasteiger charge is 2.62. The molecule has 1 amide bonds. The lowest BCUT2D eigenvalue weighted by atomic mass is 10.1. The molecule has 2 heterocycles. The highest BCUT2D eigenvalue weighted by atomic mass is 19.3. The van der Waals surface area contributed by atoms with E-state index in [1.807, 2.05) is 0 Å². The zero-order chi connectivity index (χ0) is 22.3. The first-order valence-electron chi connectivity index (χ1n) is 9.61. The van der Waals surface area contributed by atoms with Gasteiger partial charge in [0.2, 0.25) is 0 Å². The Kier molecular flexibility index (Phi) is 5.06. The van der Waals surface area contributed by atoms with Crippen LogP contribution >= 0.6 is 0 Å². The number of carbonyl (C=O) groups is 1. The number of nitrogens with zero attached hydrogens (tertiary/aromatic N) is 3. The van der Waals surface area contributed by atoms with Crippen LogP contribution in [0.2, 0.25) is 0 Å². The SMILES string of the molecule is COC(=O)N(c1cn2c(n1)-c1ccc(N[C@@H](C)C(N)=C=O)cc1OCC2)[C@H]1CC1(F)F. The molecule has 0 radical (unpaired) electrons. The number of aromatic nitrogens is 2. The van der Waals surface area contributed by atoms with Crippen molar-refractivity contribution in [2.45, 2.75) is 37.9 Å². The fraction of sp³-hybridized carbons (Fsp3) is 0.400. The molecule has 9 nitrogen and oxygen atoms in total. The zero-order valence-corrected chi connectivity index (χ0v) is 16.9. The van der Waals surface area contributed by atoms with Gasteiger partial charge in [0.05, 0.1) is 25.3 Å². The normalized spacial score (nSPS) is 18.9. The molecule has 1 aromatic heterocycles. The molecular weight excluding hydrogens is 412 g/mol. The van der Waals surface area contributed by atoms with Crippen molar-refractivity contribution in [3.63, 3.8) is 0 Å². The molecule has 31 heavy (non-hydrogen) atoms. The minimum absolute atomic E-state index is 0.0378. The van der Waals surface area contributed by atoms with Crippen molar-refractivity contribution in [3.8, 4) is 17.1 Å². The molecule has 1 aliphatic carbocycles. The minimum atomic E-state index is -2.97. The maximum Gasteiger partial charge on any atom is 0.415 e. The molecule has 1 saturated carbocycles. The molecule has 3 N–H and O–H groups in total. The lowest BCUT2D eigenvalue weighted by Gasteiger charge is -2.18. The van der Waals surface area contributed by atoms with Crippen LogP contribution in [0.1, 0.15) is 13.3 Å². The van der Waals surface area contributed by atoms with E-state index in [9.17, 15) is 18.4 Å². The average Bonchev–Trinajstić information content (AvgIpc) is 3.23. The van der Waals surface area contributed by atoms with Crippen LogP contribution in [0.3, 0.4) is 0 Å². The van der Waals surface area contributed by atoms with Crippen LogP contribution in [0, 0.1) is 0 Å². The van der Waals surface area contributed by atoms with Gasteiger partial charge in [-0.1, -0.05) is 0 Å².